The molecular weight excluding hydrogens is 466 g/mol. The average molecular weight is 496 g/mol. The molecule has 9 heteroatoms. The molecule has 1 saturated heterocycles. The third-order valence-electron chi connectivity index (χ3n) is 6.58. The molecule has 3 aromatic heterocycles. The van der Waals surface area contributed by atoms with E-state index in [0.29, 0.717) is 40.6 Å². The van der Waals surface area contributed by atoms with Gasteiger partial charge in [-0.3, -0.25) is 9.97 Å². The van der Waals surface area contributed by atoms with Gasteiger partial charge in [0.15, 0.2) is 0 Å². The Morgan fingerprint density at radius 3 is 2.54 bits per heavy atom. The van der Waals surface area contributed by atoms with Gasteiger partial charge in [-0.15, -0.1) is 10.2 Å². The zero-order chi connectivity index (χ0) is 25.8. The molecule has 4 aromatic rings. The second-order valence-electron chi connectivity index (χ2n) is 9.73. The van der Waals surface area contributed by atoms with E-state index < -0.39 is 5.41 Å². The van der Waals surface area contributed by atoms with Crippen LogP contribution in [-0.4, -0.2) is 44.4 Å². The fourth-order valence-electron chi connectivity index (χ4n) is 4.14. The van der Waals surface area contributed by atoms with Crippen LogP contribution < -0.4 is 5.32 Å². The summed E-state index contributed by atoms with van der Waals surface area (Å²) in [7, 11) is 0. The third kappa shape index (κ3) is 5.56. The molecule has 0 unspecified atom stereocenters. The van der Waals surface area contributed by atoms with Crippen molar-refractivity contribution in [3.05, 3.63) is 65.7 Å². The molecule has 1 fully saturated rings. The van der Waals surface area contributed by atoms with Crippen LogP contribution in [0.3, 0.4) is 0 Å². The summed E-state index contributed by atoms with van der Waals surface area (Å²) in [6, 6.07) is 14.6. The van der Waals surface area contributed by atoms with E-state index in [1.54, 1.807) is 12.4 Å². The van der Waals surface area contributed by atoms with E-state index in [2.05, 4.69) is 43.7 Å². The summed E-state index contributed by atoms with van der Waals surface area (Å²) in [4.78, 5) is 13.6. The van der Waals surface area contributed by atoms with Gasteiger partial charge in [-0.05, 0) is 63.4 Å². The Morgan fingerprint density at radius 2 is 1.78 bits per heavy atom. The molecule has 37 heavy (non-hydrogen) atoms. The first-order chi connectivity index (χ1) is 17.9. The normalized spacial score (nSPS) is 14.4. The highest BCUT2D eigenvalue weighted by Crippen LogP contribution is 2.28. The molecule has 1 aromatic carbocycles. The van der Waals surface area contributed by atoms with Gasteiger partial charge < -0.3 is 14.5 Å². The lowest BCUT2D eigenvalue weighted by molar-refractivity contribution is 0.0776. The van der Waals surface area contributed by atoms with Crippen molar-refractivity contribution in [3.63, 3.8) is 0 Å². The number of hydrogen-bond donors (Lipinski definition) is 1. The van der Waals surface area contributed by atoms with Crippen molar-refractivity contribution >= 4 is 0 Å². The number of aryl methyl sites for hydroxylation is 1. The topological polar surface area (TPSA) is 123 Å². The molecule has 0 radical (unpaired) electrons. The number of pyridine rings is 1. The van der Waals surface area contributed by atoms with Crippen LogP contribution in [-0.2, 0) is 16.7 Å². The van der Waals surface area contributed by atoms with Crippen LogP contribution in [0.5, 0.6) is 0 Å². The largest absolute Gasteiger partial charge is 0.415 e. The van der Waals surface area contributed by atoms with Crippen molar-refractivity contribution in [2.75, 3.05) is 13.2 Å². The maximum atomic E-state index is 9.48. The molecule has 1 aliphatic heterocycles. The van der Waals surface area contributed by atoms with Crippen molar-refractivity contribution < 1.29 is 9.15 Å². The molecule has 9 nitrogen and oxygen atoms in total. The quantitative estimate of drug-likeness (QED) is 0.391. The molecule has 5 rings (SSSR count). The summed E-state index contributed by atoms with van der Waals surface area (Å²) in [6.07, 6.45) is 5.47. The first-order valence-electron chi connectivity index (χ1n) is 12.4. The van der Waals surface area contributed by atoms with E-state index in [-0.39, 0.29) is 0 Å². The number of hydrogen-bond acceptors (Lipinski definition) is 9. The van der Waals surface area contributed by atoms with Crippen molar-refractivity contribution in [2.24, 2.45) is 0 Å². The van der Waals surface area contributed by atoms with Crippen molar-refractivity contribution in [1.29, 1.82) is 5.26 Å². The molecule has 0 atom stereocenters. The van der Waals surface area contributed by atoms with Gasteiger partial charge in [0.25, 0.3) is 5.89 Å². The van der Waals surface area contributed by atoms with Crippen LogP contribution in [0, 0.1) is 18.3 Å². The highest BCUT2D eigenvalue weighted by atomic mass is 16.5. The van der Waals surface area contributed by atoms with Gasteiger partial charge >= 0.3 is 0 Å². The minimum Gasteiger partial charge on any atom is -0.415 e. The van der Waals surface area contributed by atoms with E-state index in [1.807, 2.05) is 45.0 Å². The summed E-state index contributed by atoms with van der Waals surface area (Å²) in [6.45, 7) is 7.98. The summed E-state index contributed by atoms with van der Waals surface area (Å²) in [5.41, 5.74) is 4.64. The Balaban J connectivity index is 1.34. The van der Waals surface area contributed by atoms with Gasteiger partial charge in [-0.1, -0.05) is 12.1 Å². The van der Waals surface area contributed by atoms with Gasteiger partial charge in [0.1, 0.15) is 5.69 Å². The number of nitrogens with one attached hydrogen (secondary N) is 1. The minimum atomic E-state index is -0.713. The molecule has 0 spiro atoms. The molecule has 0 bridgehead atoms. The van der Waals surface area contributed by atoms with E-state index in [0.717, 1.165) is 43.7 Å². The van der Waals surface area contributed by atoms with Crippen LogP contribution in [0.15, 0.2) is 53.2 Å². The number of nitrogens with zero attached hydrogens (tertiary/aromatic N) is 6. The molecule has 188 valence electrons. The lowest BCUT2D eigenvalue weighted by Crippen LogP contribution is -2.34. The number of rotatable bonds is 7. The zero-order valence-electron chi connectivity index (χ0n) is 21.2. The SMILES string of the molecule is Cc1ncc(-c2ccnc(C(C)(C)C#N)c2)nc1-c1nnc(-c2ccc(CNC3CCOCC3)cc2)o1. The van der Waals surface area contributed by atoms with Gasteiger partial charge in [0.05, 0.1) is 34.8 Å². The van der Waals surface area contributed by atoms with Gasteiger partial charge in [-0.2, -0.15) is 5.26 Å². The predicted molar refractivity (Wildman–Crippen MR) is 138 cm³/mol. The van der Waals surface area contributed by atoms with Gasteiger partial charge in [0, 0.05) is 43.1 Å². The highest BCUT2D eigenvalue weighted by molar-refractivity contribution is 5.64. The second-order valence-corrected chi connectivity index (χ2v) is 9.73. The fourth-order valence-corrected chi connectivity index (χ4v) is 4.14. The second kappa shape index (κ2) is 10.5. The first-order valence-corrected chi connectivity index (χ1v) is 12.4. The lowest BCUT2D eigenvalue weighted by Gasteiger charge is -2.23. The Labute approximate surface area is 216 Å². The highest BCUT2D eigenvalue weighted by Gasteiger charge is 2.23. The molecule has 1 N–H and O–H groups in total. The van der Waals surface area contributed by atoms with E-state index >= 15 is 0 Å². The fraction of sp³-hybridized carbons (Fsp3) is 0.357. The lowest BCUT2D eigenvalue weighted by atomic mass is 9.90. The maximum absolute atomic E-state index is 9.48. The smallest absolute Gasteiger partial charge is 0.268 e. The summed E-state index contributed by atoms with van der Waals surface area (Å²) >= 11 is 0. The van der Waals surface area contributed by atoms with E-state index in [9.17, 15) is 5.26 Å². The molecular formula is C28H29N7O2. The van der Waals surface area contributed by atoms with Crippen LogP contribution in [0.25, 0.3) is 34.3 Å². The van der Waals surface area contributed by atoms with E-state index in [4.69, 9.17) is 14.1 Å². The Hall–Kier alpha value is -4.00. The molecule has 0 amide bonds. The van der Waals surface area contributed by atoms with Crippen LogP contribution in [0.4, 0.5) is 0 Å². The first kappa shape index (κ1) is 24.7. The summed E-state index contributed by atoms with van der Waals surface area (Å²) in [5, 5.41) is 21.6. The van der Waals surface area contributed by atoms with Crippen molar-refractivity contribution in [1.82, 2.24) is 30.5 Å². The summed E-state index contributed by atoms with van der Waals surface area (Å²) < 4.78 is 11.4. The Bertz CT molecular complexity index is 1420. The Kier molecular flexibility index (Phi) is 7.04. The van der Waals surface area contributed by atoms with Crippen LogP contribution >= 0.6 is 0 Å². The predicted octanol–water partition coefficient (Wildman–Crippen LogP) is 4.63. The molecule has 1 aliphatic rings. The van der Waals surface area contributed by atoms with Gasteiger partial charge in [-0.25, -0.2) is 4.98 Å². The molecule has 0 saturated carbocycles. The molecule has 0 aliphatic carbocycles. The number of nitriles is 1. The van der Waals surface area contributed by atoms with Gasteiger partial charge in [0.2, 0.25) is 5.89 Å². The van der Waals surface area contributed by atoms with E-state index in [1.165, 1.54) is 5.56 Å². The standard InChI is InChI=1S/C28H29N7O2/c1-18-25(33-23(16-31-18)21-8-11-30-24(14-21)28(2,3)17-29)27-35-34-26(37-27)20-6-4-19(5-7-20)15-32-22-9-12-36-13-10-22/h4-8,11,14,16,22,32H,9-10,12-13,15H2,1-3H3. The van der Waals surface area contributed by atoms with Crippen molar-refractivity contribution in [3.8, 4) is 40.4 Å². The van der Waals surface area contributed by atoms with Crippen molar-refractivity contribution in [2.45, 2.75) is 51.6 Å². The summed E-state index contributed by atoms with van der Waals surface area (Å²) in [5.74, 6) is 0.728. The van der Waals surface area contributed by atoms with Crippen LogP contribution in [0.2, 0.25) is 0 Å². The maximum Gasteiger partial charge on any atom is 0.268 e. The average Bonchev–Trinajstić information content (AvgIpc) is 3.43. The zero-order valence-corrected chi connectivity index (χ0v) is 21.2. The van der Waals surface area contributed by atoms with Crippen LogP contribution in [0.1, 0.15) is 43.6 Å². The number of benzene rings is 1. The minimum absolute atomic E-state index is 0.304. The Morgan fingerprint density at radius 1 is 1.03 bits per heavy atom. The molecule has 4 heterocycles. The number of aromatic nitrogens is 5. The monoisotopic (exact) mass is 495 g/mol. The third-order valence-corrected chi connectivity index (χ3v) is 6.58. The number of ether oxygens (including phenoxy) is 1.